The molecule has 2 aromatic carbocycles. The van der Waals surface area contributed by atoms with Crippen LogP contribution in [0.25, 0.3) is 21.6 Å². The van der Waals surface area contributed by atoms with Gasteiger partial charge in [0.25, 0.3) is 0 Å². The molecule has 0 saturated heterocycles. The van der Waals surface area contributed by atoms with Crippen molar-refractivity contribution in [2.45, 2.75) is 26.2 Å². The third kappa shape index (κ3) is 4.25. The molecule has 0 atom stereocenters. The Kier molecular flexibility index (Phi) is 5.72. The van der Waals surface area contributed by atoms with Gasteiger partial charge in [0, 0.05) is 16.1 Å². The molecule has 3 nitrogen and oxygen atoms in total. The van der Waals surface area contributed by atoms with Crippen LogP contribution in [0.5, 0.6) is 0 Å². The molecule has 0 bridgehead atoms. The van der Waals surface area contributed by atoms with Crippen molar-refractivity contribution in [1.29, 1.82) is 0 Å². The molecule has 1 aromatic heterocycles. The number of amides is 1. The number of thiophene rings is 1. The lowest BCUT2D eigenvalue weighted by Crippen LogP contribution is -2.13. The molecular formula is C22H23BrN2OS. The maximum atomic E-state index is 11.7. The van der Waals surface area contributed by atoms with Gasteiger partial charge in [0.1, 0.15) is 0 Å². The molecular weight excluding hydrogens is 420 g/mol. The van der Waals surface area contributed by atoms with Crippen molar-refractivity contribution >= 4 is 43.9 Å². The lowest BCUT2D eigenvalue weighted by Gasteiger charge is -2.23. The van der Waals surface area contributed by atoms with E-state index in [9.17, 15) is 4.79 Å². The Morgan fingerprint density at radius 3 is 2.37 bits per heavy atom. The number of rotatable bonds is 4. The van der Waals surface area contributed by atoms with Crippen LogP contribution in [0.15, 0.2) is 54.6 Å². The number of benzene rings is 2. The van der Waals surface area contributed by atoms with Crippen molar-refractivity contribution in [2.24, 2.45) is 0 Å². The number of carbonyl (C=O) groups is 1. The zero-order chi connectivity index (χ0) is 19.6. The fourth-order valence-corrected chi connectivity index (χ4v) is 4.64. The summed E-state index contributed by atoms with van der Waals surface area (Å²) < 4.78 is 0. The Bertz CT molecular complexity index is 958. The first kappa shape index (κ1) is 19.6. The smallest absolute Gasteiger partial charge is 0.235 e. The van der Waals surface area contributed by atoms with Crippen LogP contribution in [0.2, 0.25) is 0 Å². The molecule has 3 rings (SSSR count). The van der Waals surface area contributed by atoms with Gasteiger partial charge in [-0.15, -0.1) is 11.3 Å². The Balaban J connectivity index is 2.18. The molecule has 0 aliphatic carbocycles. The summed E-state index contributed by atoms with van der Waals surface area (Å²) in [6, 6.07) is 18.2. The Morgan fingerprint density at radius 1 is 1.07 bits per heavy atom. The van der Waals surface area contributed by atoms with Gasteiger partial charge < -0.3 is 11.1 Å². The van der Waals surface area contributed by atoms with E-state index >= 15 is 0 Å². The second kappa shape index (κ2) is 7.87. The Morgan fingerprint density at radius 2 is 1.74 bits per heavy atom. The minimum absolute atomic E-state index is 0.0774. The largest absolute Gasteiger partial charge is 0.390 e. The molecule has 1 heterocycles. The SMILES string of the molecule is CC(C)(C)c1c(-c2ccccc2)sc(N)c1-c1cccc(NC(=O)CBr)c1. The predicted octanol–water partition coefficient (Wildman–Crippen LogP) is 6.30. The van der Waals surface area contributed by atoms with E-state index in [1.165, 1.54) is 16.0 Å². The minimum atomic E-state index is -0.0796. The zero-order valence-corrected chi connectivity index (χ0v) is 18.1. The number of nitrogens with one attached hydrogen (secondary N) is 1. The van der Waals surface area contributed by atoms with Crippen LogP contribution in [0.1, 0.15) is 26.3 Å². The van der Waals surface area contributed by atoms with Crippen LogP contribution in [0, 0.1) is 0 Å². The molecule has 0 unspecified atom stereocenters. The predicted molar refractivity (Wildman–Crippen MR) is 121 cm³/mol. The molecule has 1 amide bonds. The van der Waals surface area contributed by atoms with Crippen LogP contribution < -0.4 is 11.1 Å². The van der Waals surface area contributed by atoms with Crippen LogP contribution >= 0.6 is 27.3 Å². The maximum absolute atomic E-state index is 11.7. The van der Waals surface area contributed by atoms with E-state index < -0.39 is 0 Å². The molecule has 0 fully saturated rings. The number of alkyl halides is 1. The van der Waals surface area contributed by atoms with E-state index in [1.54, 1.807) is 11.3 Å². The summed E-state index contributed by atoms with van der Waals surface area (Å²) in [5, 5.41) is 3.96. The van der Waals surface area contributed by atoms with Crippen molar-refractivity contribution in [3.05, 3.63) is 60.2 Å². The molecule has 27 heavy (non-hydrogen) atoms. The van der Waals surface area contributed by atoms with E-state index in [1.807, 2.05) is 42.5 Å². The van der Waals surface area contributed by atoms with Crippen molar-refractivity contribution in [3.63, 3.8) is 0 Å². The van der Waals surface area contributed by atoms with Gasteiger partial charge in [0.15, 0.2) is 0 Å². The second-order valence-corrected chi connectivity index (χ2v) is 9.04. The number of nitrogen functional groups attached to an aromatic ring is 1. The van der Waals surface area contributed by atoms with Gasteiger partial charge in [0.05, 0.1) is 10.3 Å². The minimum Gasteiger partial charge on any atom is -0.390 e. The normalized spacial score (nSPS) is 11.4. The molecule has 0 saturated carbocycles. The summed E-state index contributed by atoms with van der Waals surface area (Å²) in [6.45, 7) is 6.63. The van der Waals surface area contributed by atoms with E-state index in [-0.39, 0.29) is 16.7 Å². The number of carbonyl (C=O) groups excluding carboxylic acids is 1. The van der Waals surface area contributed by atoms with Crippen molar-refractivity contribution < 1.29 is 4.79 Å². The van der Waals surface area contributed by atoms with Gasteiger partial charge in [-0.25, -0.2) is 0 Å². The lowest BCUT2D eigenvalue weighted by molar-refractivity contribution is -0.113. The van der Waals surface area contributed by atoms with Gasteiger partial charge in [-0.05, 0) is 34.2 Å². The number of anilines is 2. The highest BCUT2D eigenvalue weighted by Gasteiger charge is 2.28. The third-order valence-electron chi connectivity index (χ3n) is 4.28. The molecule has 0 radical (unpaired) electrons. The lowest BCUT2D eigenvalue weighted by atomic mass is 9.81. The summed E-state index contributed by atoms with van der Waals surface area (Å²) in [6.07, 6.45) is 0. The Hall–Kier alpha value is -2.11. The molecule has 3 aromatic rings. The fourth-order valence-electron chi connectivity index (χ4n) is 3.19. The summed E-state index contributed by atoms with van der Waals surface area (Å²) in [4.78, 5) is 12.9. The van der Waals surface area contributed by atoms with Crippen molar-refractivity contribution in [2.75, 3.05) is 16.4 Å². The highest BCUT2D eigenvalue weighted by atomic mass is 79.9. The topological polar surface area (TPSA) is 55.1 Å². The average molecular weight is 443 g/mol. The van der Waals surface area contributed by atoms with E-state index in [2.05, 4.69) is 54.2 Å². The summed E-state index contributed by atoms with van der Waals surface area (Å²) >= 11 is 4.81. The maximum Gasteiger partial charge on any atom is 0.235 e. The van der Waals surface area contributed by atoms with Gasteiger partial charge >= 0.3 is 0 Å². The number of nitrogens with two attached hydrogens (primary N) is 1. The molecule has 3 N–H and O–H groups in total. The van der Waals surface area contributed by atoms with Crippen LogP contribution in [-0.4, -0.2) is 11.2 Å². The van der Waals surface area contributed by atoms with Crippen LogP contribution in [-0.2, 0) is 10.2 Å². The standard InChI is InChI=1S/C22H23BrN2OS/c1-22(2,3)19-18(15-10-7-11-16(12-15)25-17(26)13-23)21(24)27-20(19)14-8-5-4-6-9-14/h4-12H,13,24H2,1-3H3,(H,25,26). The van der Waals surface area contributed by atoms with Gasteiger partial charge in [-0.2, -0.15) is 0 Å². The van der Waals surface area contributed by atoms with Gasteiger partial charge in [-0.1, -0.05) is 79.2 Å². The second-order valence-electron chi connectivity index (χ2n) is 7.42. The molecule has 0 aliphatic rings. The monoisotopic (exact) mass is 442 g/mol. The molecule has 0 spiro atoms. The number of hydrogen-bond donors (Lipinski definition) is 2. The first-order valence-corrected chi connectivity index (χ1v) is 10.7. The Labute approximate surface area is 172 Å². The molecule has 0 aliphatic heterocycles. The van der Waals surface area contributed by atoms with Crippen molar-refractivity contribution in [3.8, 4) is 21.6 Å². The average Bonchev–Trinajstić information content (AvgIpc) is 3.00. The highest BCUT2D eigenvalue weighted by molar-refractivity contribution is 9.09. The summed E-state index contributed by atoms with van der Waals surface area (Å²) in [5.41, 5.74) is 11.7. The first-order valence-electron chi connectivity index (χ1n) is 8.75. The van der Waals surface area contributed by atoms with E-state index in [4.69, 9.17) is 5.73 Å². The fraction of sp³-hybridized carbons (Fsp3) is 0.227. The van der Waals surface area contributed by atoms with Crippen LogP contribution in [0.3, 0.4) is 0 Å². The van der Waals surface area contributed by atoms with E-state index in [0.717, 1.165) is 21.8 Å². The molecule has 5 heteroatoms. The first-order chi connectivity index (χ1) is 12.8. The quantitative estimate of drug-likeness (QED) is 0.466. The van der Waals surface area contributed by atoms with Crippen molar-refractivity contribution in [1.82, 2.24) is 0 Å². The highest BCUT2D eigenvalue weighted by Crippen LogP contribution is 2.49. The number of hydrogen-bond acceptors (Lipinski definition) is 3. The van der Waals surface area contributed by atoms with E-state index in [0.29, 0.717) is 0 Å². The van der Waals surface area contributed by atoms with Crippen LogP contribution in [0.4, 0.5) is 10.7 Å². The van der Waals surface area contributed by atoms with Gasteiger partial charge in [0.2, 0.25) is 5.91 Å². The third-order valence-corrected chi connectivity index (χ3v) is 5.86. The number of halogens is 1. The summed E-state index contributed by atoms with van der Waals surface area (Å²) in [5.74, 6) is -0.0774. The van der Waals surface area contributed by atoms with Gasteiger partial charge in [-0.3, -0.25) is 4.79 Å². The summed E-state index contributed by atoms with van der Waals surface area (Å²) in [7, 11) is 0. The zero-order valence-electron chi connectivity index (χ0n) is 15.7. The molecule has 140 valence electrons.